The van der Waals surface area contributed by atoms with Crippen molar-refractivity contribution in [1.82, 2.24) is 24.9 Å². The molecule has 8 nitrogen and oxygen atoms in total. The molecule has 0 spiro atoms. The van der Waals surface area contributed by atoms with Crippen LogP contribution in [0, 0.1) is 18.8 Å². The first-order valence-corrected chi connectivity index (χ1v) is 10.8. The van der Waals surface area contributed by atoms with Crippen LogP contribution in [0.3, 0.4) is 0 Å². The van der Waals surface area contributed by atoms with E-state index in [1.54, 1.807) is 0 Å². The number of nitrogens with two attached hydrogens (primary N) is 1. The molecule has 0 aromatic carbocycles. The fourth-order valence-corrected chi connectivity index (χ4v) is 4.95. The minimum absolute atomic E-state index is 0.253. The molecule has 8 heteroatoms. The molecule has 1 aliphatic carbocycles. The summed E-state index contributed by atoms with van der Waals surface area (Å²) in [5.74, 6) is 3.06. The van der Waals surface area contributed by atoms with Crippen LogP contribution in [0.2, 0.25) is 0 Å². The minimum atomic E-state index is -0.345. The summed E-state index contributed by atoms with van der Waals surface area (Å²) in [7, 11) is 0. The lowest BCUT2D eigenvalue weighted by atomic mass is 9.82. The standard InChI is InChI=1S/C23H28N6O2/c1-5-8-28-9-15(10-28)11-29-20(18-19(27-29)23(30)26-25-22(18)24)21-14(4)17-13(3)12(2)6-7-16(17)31-21/h5-7,12-13,15H,1,8-11H2,2-4H3,(H2,24,25)(H,26,30). The summed E-state index contributed by atoms with van der Waals surface area (Å²) in [5.41, 5.74) is 9.21. The van der Waals surface area contributed by atoms with Gasteiger partial charge in [-0.25, -0.2) is 5.10 Å². The van der Waals surface area contributed by atoms with E-state index >= 15 is 0 Å². The molecule has 2 unspecified atom stereocenters. The molecule has 2 atom stereocenters. The van der Waals surface area contributed by atoms with Gasteiger partial charge in [-0.1, -0.05) is 26.0 Å². The summed E-state index contributed by atoms with van der Waals surface area (Å²) in [6.07, 6.45) is 6.15. The van der Waals surface area contributed by atoms with Gasteiger partial charge in [-0.3, -0.25) is 14.4 Å². The first-order chi connectivity index (χ1) is 14.9. The van der Waals surface area contributed by atoms with Crippen molar-refractivity contribution in [3.63, 3.8) is 0 Å². The molecule has 1 aliphatic heterocycles. The first-order valence-electron chi connectivity index (χ1n) is 10.8. The number of anilines is 1. The topological polar surface area (TPSA) is 106 Å². The molecule has 3 N–H and O–H groups in total. The van der Waals surface area contributed by atoms with E-state index in [1.165, 1.54) is 5.56 Å². The van der Waals surface area contributed by atoms with E-state index in [1.807, 2.05) is 16.8 Å². The van der Waals surface area contributed by atoms with Crippen molar-refractivity contribution >= 4 is 22.8 Å². The number of likely N-dealkylation sites (tertiary alicyclic amines) is 1. The predicted molar refractivity (Wildman–Crippen MR) is 122 cm³/mol. The first kappa shape index (κ1) is 19.8. The number of rotatable bonds is 5. The van der Waals surface area contributed by atoms with Crippen molar-refractivity contribution < 1.29 is 4.42 Å². The normalized spacial score (nSPS) is 21.4. The number of aromatic nitrogens is 4. The zero-order valence-corrected chi connectivity index (χ0v) is 18.2. The van der Waals surface area contributed by atoms with E-state index in [9.17, 15) is 4.79 Å². The average molecular weight is 421 g/mol. The van der Waals surface area contributed by atoms with Crippen LogP contribution >= 0.6 is 0 Å². The second-order valence-corrected chi connectivity index (χ2v) is 8.91. The van der Waals surface area contributed by atoms with Crippen LogP contribution in [-0.2, 0) is 6.54 Å². The molecule has 3 aromatic heterocycles. The number of H-pyrrole nitrogens is 1. The highest BCUT2D eigenvalue weighted by molar-refractivity contribution is 5.99. The predicted octanol–water partition coefficient (Wildman–Crippen LogP) is 3.15. The van der Waals surface area contributed by atoms with Gasteiger partial charge >= 0.3 is 0 Å². The molecule has 3 aromatic rings. The molecule has 0 radical (unpaired) electrons. The van der Waals surface area contributed by atoms with E-state index in [2.05, 4.69) is 53.6 Å². The lowest BCUT2D eigenvalue weighted by molar-refractivity contribution is 0.0994. The summed E-state index contributed by atoms with van der Waals surface area (Å²) >= 11 is 0. The Labute approximate surface area is 180 Å². The van der Waals surface area contributed by atoms with Crippen LogP contribution in [0.25, 0.3) is 28.4 Å². The molecule has 5 rings (SSSR count). The number of furan rings is 1. The fourth-order valence-electron chi connectivity index (χ4n) is 4.95. The van der Waals surface area contributed by atoms with Crippen LogP contribution in [0.1, 0.15) is 36.7 Å². The van der Waals surface area contributed by atoms with E-state index < -0.39 is 0 Å². The maximum absolute atomic E-state index is 12.5. The van der Waals surface area contributed by atoms with Crippen molar-refractivity contribution in [2.24, 2.45) is 11.8 Å². The molecular weight excluding hydrogens is 392 g/mol. The Bertz CT molecular complexity index is 1260. The lowest BCUT2D eigenvalue weighted by Gasteiger charge is -2.38. The molecule has 1 fully saturated rings. The van der Waals surface area contributed by atoms with Gasteiger partial charge in [0.05, 0.1) is 5.39 Å². The smallest absolute Gasteiger partial charge is 0.292 e. The van der Waals surface area contributed by atoms with Gasteiger partial charge in [0.25, 0.3) is 5.56 Å². The Morgan fingerprint density at radius 3 is 2.90 bits per heavy atom. The van der Waals surface area contributed by atoms with Crippen LogP contribution in [-0.4, -0.2) is 44.5 Å². The third-order valence-corrected chi connectivity index (χ3v) is 6.79. The Balaban J connectivity index is 1.66. The highest BCUT2D eigenvalue weighted by atomic mass is 16.3. The second-order valence-electron chi connectivity index (χ2n) is 8.91. The van der Waals surface area contributed by atoms with E-state index in [0.717, 1.165) is 42.4 Å². The van der Waals surface area contributed by atoms with Crippen molar-refractivity contribution in [2.75, 3.05) is 25.4 Å². The maximum Gasteiger partial charge on any atom is 0.292 e. The van der Waals surface area contributed by atoms with Crippen molar-refractivity contribution in [3.8, 4) is 11.5 Å². The van der Waals surface area contributed by atoms with Gasteiger partial charge in [0.2, 0.25) is 0 Å². The highest BCUT2D eigenvalue weighted by Gasteiger charge is 2.32. The Morgan fingerprint density at radius 2 is 2.16 bits per heavy atom. The van der Waals surface area contributed by atoms with E-state index in [4.69, 9.17) is 10.2 Å². The van der Waals surface area contributed by atoms with Crippen LogP contribution in [0.15, 0.2) is 27.9 Å². The molecular formula is C23H28N6O2. The number of hydrogen-bond donors (Lipinski definition) is 2. The SMILES string of the molecule is C=CCN1CC(Cn2nc3c(=O)[nH]nc(N)c3c2-c2oc3c(c2C)C(C)C(C)C=C3)C1. The average Bonchev–Trinajstić information content (AvgIpc) is 3.25. The number of allylic oxidation sites excluding steroid dienone is 1. The van der Waals surface area contributed by atoms with Gasteiger partial charge in [-0.2, -0.15) is 10.2 Å². The molecule has 0 saturated carbocycles. The number of nitrogens with one attached hydrogen (secondary N) is 1. The molecule has 162 valence electrons. The fraction of sp³-hybridized carbons (Fsp3) is 0.435. The molecule has 31 heavy (non-hydrogen) atoms. The van der Waals surface area contributed by atoms with Crippen LogP contribution < -0.4 is 11.3 Å². The third-order valence-electron chi connectivity index (χ3n) is 6.79. The Morgan fingerprint density at radius 1 is 1.39 bits per heavy atom. The zero-order valence-electron chi connectivity index (χ0n) is 18.2. The number of nitrogen functional groups attached to an aromatic ring is 1. The minimum Gasteiger partial charge on any atom is -0.454 e. The van der Waals surface area contributed by atoms with Crippen molar-refractivity contribution in [2.45, 2.75) is 33.2 Å². The van der Waals surface area contributed by atoms with Crippen molar-refractivity contribution in [3.05, 3.63) is 46.0 Å². The molecule has 0 amide bonds. The summed E-state index contributed by atoms with van der Waals surface area (Å²) < 4.78 is 8.26. The van der Waals surface area contributed by atoms with E-state index in [-0.39, 0.29) is 11.4 Å². The highest BCUT2D eigenvalue weighted by Crippen LogP contribution is 2.43. The third kappa shape index (κ3) is 3.05. The summed E-state index contributed by atoms with van der Waals surface area (Å²) in [6, 6.07) is 0. The van der Waals surface area contributed by atoms with Crippen molar-refractivity contribution in [1.29, 1.82) is 0 Å². The summed E-state index contributed by atoms with van der Waals surface area (Å²) in [4.78, 5) is 14.8. The Hall–Kier alpha value is -3.13. The van der Waals surface area contributed by atoms with Gasteiger partial charge in [0, 0.05) is 43.2 Å². The number of nitrogens with zero attached hydrogens (tertiary/aromatic N) is 4. The number of fused-ring (bicyclic) bond motifs is 2. The monoisotopic (exact) mass is 420 g/mol. The molecule has 4 heterocycles. The Kier molecular flexibility index (Phi) is 4.62. The molecule has 1 saturated heterocycles. The second kappa shape index (κ2) is 7.23. The van der Waals surface area contributed by atoms with Crippen LogP contribution in [0.5, 0.6) is 0 Å². The number of hydrogen-bond acceptors (Lipinski definition) is 6. The van der Waals surface area contributed by atoms with E-state index in [0.29, 0.717) is 35.2 Å². The molecule has 0 bridgehead atoms. The van der Waals surface area contributed by atoms with Gasteiger partial charge in [-0.15, -0.1) is 6.58 Å². The van der Waals surface area contributed by atoms with Gasteiger partial charge < -0.3 is 10.2 Å². The maximum atomic E-state index is 12.5. The molecule has 2 aliphatic rings. The lowest BCUT2D eigenvalue weighted by Crippen LogP contribution is -2.48. The summed E-state index contributed by atoms with van der Waals surface area (Å²) in [5, 5.41) is 11.7. The quantitative estimate of drug-likeness (QED) is 0.614. The van der Waals surface area contributed by atoms with Gasteiger partial charge in [0.1, 0.15) is 11.5 Å². The van der Waals surface area contributed by atoms with Gasteiger partial charge in [-0.05, 0) is 24.8 Å². The number of aromatic amines is 1. The van der Waals surface area contributed by atoms with Crippen LogP contribution in [0.4, 0.5) is 5.82 Å². The van der Waals surface area contributed by atoms with Gasteiger partial charge in [0.15, 0.2) is 17.1 Å². The largest absolute Gasteiger partial charge is 0.454 e. The zero-order chi connectivity index (χ0) is 21.9. The summed E-state index contributed by atoms with van der Waals surface area (Å²) in [6.45, 7) is 13.8.